The molecule has 9 heteroatoms. The van der Waals surface area contributed by atoms with Crippen LogP contribution in [0, 0.1) is 5.82 Å². The van der Waals surface area contributed by atoms with Crippen molar-refractivity contribution >= 4 is 51.4 Å². The van der Waals surface area contributed by atoms with Crippen molar-refractivity contribution in [1.29, 1.82) is 0 Å². The summed E-state index contributed by atoms with van der Waals surface area (Å²) < 4.78 is 25.4. The van der Waals surface area contributed by atoms with Crippen molar-refractivity contribution in [1.82, 2.24) is 4.90 Å². The third-order valence-electron chi connectivity index (χ3n) is 6.36. The summed E-state index contributed by atoms with van der Waals surface area (Å²) in [5, 5.41) is 0. The Balaban J connectivity index is 1.42. The van der Waals surface area contributed by atoms with Crippen molar-refractivity contribution in [3.05, 3.63) is 94.1 Å². The Morgan fingerprint density at radius 3 is 2.38 bits per heavy atom. The van der Waals surface area contributed by atoms with Gasteiger partial charge in [-0.25, -0.2) is 4.39 Å². The second-order valence-corrected chi connectivity index (χ2v) is 10.1. The molecule has 0 aromatic heterocycles. The van der Waals surface area contributed by atoms with E-state index in [9.17, 15) is 14.0 Å². The number of amides is 2. The van der Waals surface area contributed by atoms with Crippen LogP contribution in [0.25, 0.3) is 5.57 Å². The number of nitrogens with zero attached hydrogens (tertiary/aromatic N) is 2. The molecule has 2 aliphatic heterocycles. The van der Waals surface area contributed by atoms with Crippen LogP contribution in [-0.2, 0) is 22.6 Å². The van der Waals surface area contributed by atoms with Crippen LogP contribution in [0.3, 0.4) is 0 Å². The molecule has 0 saturated carbocycles. The summed E-state index contributed by atoms with van der Waals surface area (Å²) >= 11 is 6.67. The first-order valence-electron chi connectivity index (χ1n) is 11.6. The molecular formula is C28H23FN2O4S2. The van der Waals surface area contributed by atoms with Crippen LogP contribution in [0.5, 0.6) is 11.5 Å². The van der Waals surface area contributed by atoms with Gasteiger partial charge in [-0.05, 0) is 36.2 Å². The van der Waals surface area contributed by atoms with Gasteiger partial charge < -0.3 is 14.4 Å². The van der Waals surface area contributed by atoms with E-state index in [1.165, 1.54) is 15.9 Å². The highest BCUT2D eigenvalue weighted by atomic mass is 32.2. The Morgan fingerprint density at radius 2 is 1.62 bits per heavy atom. The lowest BCUT2D eigenvalue weighted by atomic mass is 10.1. The summed E-state index contributed by atoms with van der Waals surface area (Å²) in [6.45, 7) is 0.414. The lowest BCUT2D eigenvalue weighted by molar-refractivity contribution is -0.122. The smallest absolute Gasteiger partial charge is 0.267 e. The number of anilines is 1. The number of carbonyl (C=O) groups is 2. The molecule has 5 rings (SSSR count). The van der Waals surface area contributed by atoms with Gasteiger partial charge in [-0.2, -0.15) is 0 Å². The molecule has 2 amide bonds. The Hall–Kier alpha value is -3.69. The van der Waals surface area contributed by atoms with Crippen LogP contribution in [0.1, 0.15) is 16.7 Å². The average molecular weight is 535 g/mol. The minimum absolute atomic E-state index is 0.0611. The molecular weight excluding hydrogens is 511 g/mol. The molecule has 0 aliphatic carbocycles. The molecule has 0 radical (unpaired) electrons. The molecule has 3 aromatic rings. The lowest BCUT2D eigenvalue weighted by Crippen LogP contribution is -2.31. The van der Waals surface area contributed by atoms with Crippen molar-refractivity contribution in [3.8, 4) is 11.5 Å². The summed E-state index contributed by atoms with van der Waals surface area (Å²) in [4.78, 5) is 30.5. The first-order valence-corrected chi connectivity index (χ1v) is 12.8. The topological polar surface area (TPSA) is 59.1 Å². The van der Waals surface area contributed by atoms with Crippen molar-refractivity contribution in [2.75, 3.05) is 25.7 Å². The van der Waals surface area contributed by atoms with Gasteiger partial charge in [0.2, 0.25) is 0 Å². The molecule has 0 unspecified atom stereocenters. The summed E-state index contributed by atoms with van der Waals surface area (Å²) in [6, 6.07) is 19.2. The summed E-state index contributed by atoms with van der Waals surface area (Å²) in [5.41, 5.74) is 2.94. The molecule has 37 heavy (non-hydrogen) atoms. The van der Waals surface area contributed by atoms with Crippen LogP contribution >= 0.6 is 24.0 Å². The molecule has 0 bridgehead atoms. The fourth-order valence-electron chi connectivity index (χ4n) is 4.47. The third-order valence-corrected chi connectivity index (χ3v) is 7.81. The first kappa shape index (κ1) is 25.0. The number of ether oxygens (including phenoxy) is 2. The standard InChI is InChI=1S/C28H23FN2O4S2/c1-34-22-12-11-17(15-23(22)35-2)13-14-30-27(33)25(37-28(30)36)24-19-8-4-6-10-21(19)31(26(24)32)16-18-7-3-5-9-20(18)29/h3-12,15H,13-14,16H2,1-2H3. The van der Waals surface area contributed by atoms with Crippen molar-refractivity contribution in [3.63, 3.8) is 0 Å². The molecule has 1 fully saturated rings. The lowest BCUT2D eigenvalue weighted by Gasteiger charge is -2.17. The normalized spacial score (nSPS) is 17.0. The predicted octanol–water partition coefficient (Wildman–Crippen LogP) is 5.20. The number of methoxy groups -OCH3 is 2. The highest BCUT2D eigenvalue weighted by molar-refractivity contribution is 8.26. The molecule has 188 valence electrons. The van der Waals surface area contributed by atoms with E-state index < -0.39 is 0 Å². The van der Waals surface area contributed by atoms with E-state index in [1.54, 1.807) is 44.6 Å². The van der Waals surface area contributed by atoms with E-state index in [0.29, 0.717) is 56.1 Å². The van der Waals surface area contributed by atoms with Gasteiger partial charge in [-0.3, -0.25) is 14.5 Å². The number of benzene rings is 3. The minimum atomic E-state index is -0.386. The van der Waals surface area contributed by atoms with Crippen molar-refractivity contribution in [2.24, 2.45) is 0 Å². The molecule has 2 aliphatic rings. The maximum absolute atomic E-state index is 14.4. The number of halogens is 1. The SMILES string of the molecule is COc1ccc(CCN2C(=O)C(=C3C(=O)N(Cc4ccccc4F)c4ccccc43)SC2=S)cc1OC. The van der Waals surface area contributed by atoms with Crippen LogP contribution < -0.4 is 14.4 Å². The number of thioether (sulfide) groups is 1. The van der Waals surface area contributed by atoms with E-state index in [2.05, 4.69) is 0 Å². The zero-order valence-corrected chi connectivity index (χ0v) is 21.8. The monoisotopic (exact) mass is 534 g/mol. The van der Waals surface area contributed by atoms with Crippen LogP contribution in [0.4, 0.5) is 10.1 Å². The second-order valence-electron chi connectivity index (χ2n) is 8.47. The van der Waals surface area contributed by atoms with Gasteiger partial charge in [0.1, 0.15) is 10.1 Å². The molecule has 0 spiro atoms. The Kier molecular flexibility index (Phi) is 6.99. The summed E-state index contributed by atoms with van der Waals surface area (Å²) in [6.07, 6.45) is 0.541. The van der Waals surface area contributed by atoms with Gasteiger partial charge >= 0.3 is 0 Å². The molecule has 0 N–H and O–H groups in total. The van der Waals surface area contributed by atoms with E-state index in [0.717, 1.165) is 17.3 Å². The molecule has 2 heterocycles. The van der Waals surface area contributed by atoms with Gasteiger partial charge in [0, 0.05) is 17.7 Å². The molecule has 0 atom stereocenters. The van der Waals surface area contributed by atoms with Gasteiger partial charge in [-0.15, -0.1) is 0 Å². The van der Waals surface area contributed by atoms with Crippen molar-refractivity contribution in [2.45, 2.75) is 13.0 Å². The highest BCUT2D eigenvalue weighted by Gasteiger charge is 2.42. The number of carbonyl (C=O) groups excluding carboxylic acids is 2. The highest BCUT2D eigenvalue weighted by Crippen LogP contribution is 2.45. The number of para-hydroxylation sites is 1. The van der Waals surface area contributed by atoms with Gasteiger partial charge in [0.05, 0.1) is 36.9 Å². The van der Waals surface area contributed by atoms with Crippen LogP contribution in [-0.4, -0.2) is 41.8 Å². The van der Waals surface area contributed by atoms with E-state index in [1.807, 2.05) is 30.3 Å². The predicted molar refractivity (Wildman–Crippen MR) is 146 cm³/mol. The molecule has 3 aromatic carbocycles. The number of hydrogen-bond donors (Lipinski definition) is 0. The number of thiocarbonyl (C=S) groups is 1. The third kappa shape index (κ3) is 4.60. The Labute approximate surface area is 223 Å². The van der Waals surface area contributed by atoms with Gasteiger partial charge in [0.25, 0.3) is 11.8 Å². The average Bonchev–Trinajstić information content (AvgIpc) is 3.35. The Morgan fingerprint density at radius 1 is 0.892 bits per heavy atom. The van der Waals surface area contributed by atoms with Crippen LogP contribution in [0.15, 0.2) is 71.6 Å². The van der Waals surface area contributed by atoms with E-state index >= 15 is 0 Å². The fraction of sp³-hybridized carbons (Fsp3) is 0.179. The first-order chi connectivity index (χ1) is 17.9. The number of hydrogen-bond acceptors (Lipinski definition) is 6. The zero-order valence-electron chi connectivity index (χ0n) is 20.2. The maximum Gasteiger partial charge on any atom is 0.267 e. The van der Waals surface area contributed by atoms with E-state index in [-0.39, 0.29) is 24.2 Å². The second kappa shape index (κ2) is 10.4. The zero-order chi connectivity index (χ0) is 26.1. The molecule has 1 saturated heterocycles. The fourth-order valence-corrected chi connectivity index (χ4v) is 5.85. The van der Waals surface area contributed by atoms with Gasteiger partial charge in [0.15, 0.2) is 11.5 Å². The van der Waals surface area contributed by atoms with E-state index in [4.69, 9.17) is 21.7 Å². The summed E-state index contributed by atoms with van der Waals surface area (Å²) in [7, 11) is 3.15. The number of fused-ring (bicyclic) bond motifs is 1. The van der Waals surface area contributed by atoms with Crippen molar-refractivity contribution < 1.29 is 23.5 Å². The quantitative estimate of drug-likeness (QED) is 0.307. The number of rotatable bonds is 7. The summed E-state index contributed by atoms with van der Waals surface area (Å²) in [5.74, 6) is 0.199. The largest absolute Gasteiger partial charge is 0.493 e. The minimum Gasteiger partial charge on any atom is -0.493 e. The van der Waals surface area contributed by atoms with Crippen LogP contribution in [0.2, 0.25) is 0 Å². The maximum atomic E-state index is 14.4. The Bertz CT molecular complexity index is 1460. The van der Waals surface area contributed by atoms with Gasteiger partial charge in [-0.1, -0.05) is 66.4 Å². The molecule has 6 nitrogen and oxygen atoms in total.